The van der Waals surface area contributed by atoms with E-state index in [1.165, 1.54) is 7.05 Å². The van der Waals surface area contributed by atoms with Crippen molar-refractivity contribution in [2.75, 3.05) is 19.5 Å². The van der Waals surface area contributed by atoms with Gasteiger partial charge >= 0.3 is 6.09 Å². The quantitative estimate of drug-likeness (QED) is 0.472. The summed E-state index contributed by atoms with van der Waals surface area (Å²) in [5.41, 5.74) is 4.52. The van der Waals surface area contributed by atoms with Gasteiger partial charge in [-0.3, -0.25) is 0 Å². The maximum atomic E-state index is 11.3. The van der Waals surface area contributed by atoms with E-state index in [2.05, 4.69) is 10.6 Å². The molecule has 6 nitrogen and oxygen atoms in total. The van der Waals surface area contributed by atoms with Crippen LogP contribution in [0, 0.1) is 0 Å². The van der Waals surface area contributed by atoms with E-state index in [0.717, 1.165) is 44.5 Å². The fraction of sp³-hybridized carbons (Fsp3) is 0.130. The Hall–Kier alpha value is -3.80. The maximum absolute atomic E-state index is 11.3. The first kappa shape index (κ1) is 18.6. The van der Waals surface area contributed by atoms with Crippen LogP contribution in [0.2, 0.25) is 0 Å². The molecule has 0 fully saturated rings. The van der Waals surface area contributed by atoms with Gasteiger partial charge in [0.1, 0.15) is 12.4 Å². The summed E-state index contributed by atoms with van der Waals surface area (Å²) in [7, 11) is 3.19. The zero-order valence-corrected chi connectivity index (χ0v) is 16.2. The molecule has 2 N–H and O–H groups in total. The minimum atomic E-state index is -0.457. The molecular weight excluding hydrogens is 366 g/mol. The molecule has 0 aliphatic heterocycles. The van der Waals surface area contributed by atoms with Gasteiger partial charge in [-0.25, -0.2) is 9.78 Å². The molecule has 0 aliphatic carbocycles. The summed E-state index contributed by atoms with van der Waals surface area (Å²) in [5, 5.41) is 7.96. The number of carbonyl (C=O) groups is 1. The van der Waals surface area contributed by atoms with E-state index in [0.29, 0.717) is 0 Å². The first-order valence-corrected chi connectivity index (χ1v) is 9.25. The second-order valence-corrected chi connectivity index (χ2v) is 6.54. The lowest BCUT2D eigenvalue weighted by Crippen LogP contribution is -2.18. The number of ether oxygens (including phenoxy) is 2. The van der Waals surface area contributed by atoms with Crippen LogP contribution in [0.1, 0.15) is 5.56 Å². The minimum absolute atomic E-state index is 0.195. The van der Waals surface area contributed by atoms with Crippen molar-refractivity contribution in [2.45, 2.75) is 6.61 Å². The van der Waals surface area contributed by atoms with Gasteiger partial charge in [0.15, 0.2) is 0 Å². The van der Waals surface area contributed by atoms with Crippen LogP contribution in [-0.2, 0) is 11.3 Å². The van der Waals surface area contributed by atoms with E-state index < -0.39 is 6.09 Å². The molecule has 1 amide bonds. The number of fused-ring (bicyclic) bond motifs is 2. The number of para-hydroxylation sites is 1. The van der Waals surface area contributed by atoms with Crippen LogP contribution in [-0.4, -0.2) is 25.2 Å². The fourth-order valence-corrected chi connectivity index (χ4v) is 3.24. The lowest BCUT2D eigenvalue weighted by Gasteiger charge is -2.15. The molecule has 0 saturated heterocycles. The summed E-state index contributed by atoms with van der Waals surface area (Å²) < 4.78 is 10.6. The third kappa shape index (κ3) is 3.91. The fourth-order valence-electron chi connectivity index (χ4n) is 3.24. The van der Waals surface area contributed by atoms with Crippen LogP contribution in [0.25, 0.3) is 21.8 Å². The summed E-state index contributed by atoms with van der Waals surface area (Å²) in [4.78, 5) is 16.1. The molecule has 1 aromatic heterocycles. The van der Waals surface area contributed by atoms with Crippen molar-refractivity contribution in [1.29, 1.82) is 0 Å². The van der Waals surface area contributed by atoms with Crippen molar-refractivity contribution < 1.29 is 14.3 Å². The second kappa shape index (κ2) is 8.06. The summed E-state index contributed by atoms with van der Waals surface area (Å²) in [5.74, 6) is 0.769. The first-order chi connectivity index (χ1) is 14.2. The third-order valence-electron chi connectivity index (χ3n) is 4.66. The second-order valence-electron chi connectivity index (χ2n) is 6.54. The molecule has 0 bridgehead atoms. The van der Waals surface area contributed by atoms with Gasteiger partial charge in [0.2, 0.25) is 0 Å². The summed E-state index contributed by atoms with van der Waals surface area (Å²) in [6.45, 7) is 0.195. The van der Waals surface area contributed by atoms with E-state index in [4.69, 9.17) is 14.5 Å². The molecule has 0 radical (unpaired) electrons. The molecule has 4 aromatic rings. The Morgan fingerprint density at radius 2 is 1.79 bits per heavy atom. The van der Waals surface area contributed by atoms with Gasteiger partial charge in [-0.2, -0.15) is 0 Å². The molecule has 4 rings (SSSR count). The van der Waals surface area contributed by atoms with Gasteiger partial charge in [0.05, 0.1) is 23.8 Å². The van der Waals surface area contributed by atoms with Crippen molar-refractivity contribution in [2.24, 2.45) is 0 Å². The van der Waals surface area contributed by atoms with Gasteiger partial charge in [-0.05, 0) is 42.0 Å². The zero-order valence-electron chi connectivity index (χ0n) is 16.2. The number of rotatable bonds is 5. The molecule has 0 atom stereocenters. The highest BCUT2D eigenvalue weighted by molar-refractivity contribution is 6.09. The van der Waals surface area contributed by atoms with Crippen LogP contribution in [0.4, 0.5) is 16.2 Å². The Balaban J connectivity index is 1.77. The number of benzene rings is 3. The van der Waals surface area contributed by atoms with Crippen molar-refractivity contribution >= 4 is 39.3 Å². The van der Waals surface area contributed by atoms with E-state index in [9.17, 15) is 4.79 Å². The van der Waals surface area contributed by atoms with E-state index in [-0.39, 0.29) is 6.61 Å². The number of hydrogen-bond acceptors (Lipinski definition) is 5. The van der Waals surface area contributed by atoms with Gasteiger partial charge in [-0.15, -0.1) is 0 Å². The topological polar surface area (TPSA) is 72.5 Å². The molecule has 0 spiro atoms. The van der Waals surface area contributed by atoms with Crippen molar-refractivity contribution in [1.82, 2.24) is 10.3 Å². The highest BCUT2D eigenvalue weighted by atomic mass is 16.5. The number of hydrogen-bond donors (Lipinski definition) is 2. The Bertz CT molecular complexity index is 1190. The number of amides is 1. The molecule has 0 unspecified atom stereocenters. The molecule has 0 saturated carbocycles. The average Bonchev–Trinajstić information content (AvgIpc) is 2.77. The number of aromatic nitrogens is 1. The SMILES string of the molecule is CNC(=O)OCc1cccc(Nc2c3ccccc3nc3ccc(OC)cc23)c1. The smallest absolute Gasteiger partial charge is 0.407 e. The Morgan fingerprint density at radius 1 is 0.966 bits per heavy atom. The van der Waals surface area contributed by atoms with E-state index in [1.54, 1.807) is 7.11 Å². The molecular formula is C23H21N3O3. The van der Waals surface area contributed by atoms with Gasteiger partial charge < -0.3 is 20.1 Å². The number of nitrogens with zero attached hydrogens (tertiary/aromatic N) is 1. The number of anilines is 2. The third-order valence-corrected chi connectivity index (χ3v) is 4.66. The van der Waals surface area contributed by atoms with E-state index >= 15 is 0 Å². The molecule has 3 aromatic carbocycles. The number of pyridine rings is 1. The number of nitrogens with one attached hydrogen (secondary N) is 2. The summed E-state index contributed by atoms with van der Waals surface area (Å²) in [6, 6.07) is 21.6. The number of alkyl carbamates (subject to hydrolysis) is 1. The van der Waals surface area contributed by atoms with Crippen LogP contribution < -0.4 is 15.4 Å². The maximum Gasteiger partial charge on any atom is 0.407 e. The van der Waals surface area contributed by atoms with Gasteiger partial charge in [0.25, 0.3) is 0 Å². The molecule has 146 valence electrons. The zero-order chi connectivity index (χ0) is 20.2. The first-order valence-electron chi connectivity index (χ1n) is 9.25. The van der Waals surface area contributed by atoms with Gasteiger partial charge in [0, 0.05) is 23.5 Å². The average molecular weight is 387 g/mol. The van der Waals surface area contributed by atoms with Crippen LogP contribution in [0.15, 0.2) is 66.7 Å². The molecule has 0 aliphatic rings. The predicted octanol–water partition coefficient (Wildman–Crippen LogP) is 5.00. The standard InChI is InChI=1S/C23H21N3O3/c1-24-23(27)29-14-15-6-5-7-16(12-15)25-22-18-8-3-4-9-20(18)26-21-11-10-17(28-2)13-19(21)22/h3-13H,14H2,1-2H3,(H,24,27)(H,25,26). The Morgan fingerprint density at radius 3 is 2.62 bits per heavy atom. The van der Waals surface area contributed by atoms with Crippen molar-refractivity contribution in [3.05, 3.63) is 72.3 Å². The normalized spacial score (nSPS) is 10.7. The van der Waals surface area contributed by atoms with Crippen LogP contribution in [0.3, 0.4) is 0 Å². The van der Waals surface area contributed by atoms with Crippen LogP contribution in [0.5, 0.6) is 5.75 Å². The largest absolute Gasteiger partial charge is 0.497 e. The predicted molar refractivity (Wildman–Crippen MR) is 115 cm³/mol. The van der Waals surface area contributed by atoms with Crippen molar-refractivity contribution in [3.63, 3.8) is 0 Å². The van der Waals surface area contributed by atoms with Crippen LogP contribution >= 0.6 is 0 Å². The van der Waals surface area contributed by atoms with Crippen molar-refractivity contribution in [3.8, 4) is 5.75 Å². The lowest BCUT2D eigenvalue weighted by atomic mass is 10.1. The summed E-state index contributed by atoms with van der Waals surface area (Å²) >= 11 is 0. The van der Waals surface area contributed by atoms with Gasteiger partial charge in [-0.1, -0.05) is 30.3 Å². The summed E-state index contributed by atoms with van der Waals surface area (Å²) in [6.07, 6.45) is -0.457. The Labute approximate surface area is 168 Å². The number of carbonyl (C=O) groups excluding carboxylic acids is 1. The highest BCUT2D eigenvalue weighted by Crippen LogP contribution is 2.35. The minimum Gasteiger partial charge on any atom is -0.497 e. The van der Waals surface area contributed by atoms with E-state index in [1.807, 2.05) is 66.7 Å². The number of methoxy groups -OCH3 is 1. The highest BCUT2D eigenvalue weighted by Gasteiger charge is 2.11. The monoisotopic (exact) mass is 387 g/mol. The molecule has 6 heteroatoms. The molecule has 1 heterocycles. The molecule has 29 heavy (non-hydrogen) atoms. The Kier molecular flexibility index (Phi) is 5.16. The lowest BCUT2D eigenvalue weighted by molar-refractivity contribution is 0.142.